The first kappa shape index (κ1) is 13.8. The maximum atomic E-state index is 10.9. The molecule has 1 aliphatic rings. The minimum Gasteiger partial charge on any atom is -0.423 e. The summed E-state index contributed by atoms with van der Waals surface area (Å²) in [5.74, 6) is 0. The summed E-state index contributed by atoms with van der Waals surface area (Å²) < 4.78 is 5.50. The number of fused-ring (bicyclic) bond motifs is 1. The summed E-state index contributed by atoms with van der Waals surface area (Å²) in [6.45, 7) is 3.93. The van der Waals surface area contributed by atoms with Crippen LogP contribution in [0, 0.1) is 10.1 Å². The Balaban J connectivity index is 1.64. The number of aromatic nitrogens is 1. The van der Waals surface area contributed by atoms with Gasteiger partial charge < -0.3 is 14.6 Å². The lowest BCUT2D eigenvalue weighted by Gasteiger charge is -2.26. The van der Waals surface area contributed by atoms with E-state index in [1.165, 1.54) is 25.3 Å². The molecule has 21 heavy (non-hydrogen) atoms. The molecule has 7 heteroatoms. The minimum atomic E-state index is -0.442. The number of benzene rings is 1. The normalized spacial score (nSPS) is 16.2. The number of anilines is 1. The van der Waals surface area contributed by atoms with E-state index < -0.39 is 4.92 Å². The Morgan fingerprint density at radius 3 is 2.90 bits per heavy atom. The largest absolute Gasteiger partial charge is 0.423 e. The maximum Gasteiger partial charge on any atom is 0.298 e. The van der Waals surface area contributed by atoms with Crippen LogP contribution < -0.4 is 5.32 Å². The van der Waals surface area contributed by atoms with Gasteiger partial charge in [-0.3, -0.25) is 10.1 Å². The molecule has 0 saturated carbocycles. The van der Waals surface area contributed by atoms with Crippen molar-refractivity contribution in [1.29, 1.82) is 0 Å². The number of piperidine rings is 1. The van der Waals surface area contributed by atoms with Gasteiger partial charge in [0.05, 0.1) is 4.92 Å². The van der Waals surface area contributed by atoms with Gasteiger partial charge in [-0.25, -0.2) is 0 Å². The molecule has 1 aliphatic heterocycles. The van der Waals surface area contributed by atoms with Crippen LogP contribution in [0.25, 0.3) is 11.1 Å². The fourth-order valence-corrected chi connectivity index (χ4v) is 2.66. The van der Waals surface area contributed by atoms with Gasteiger partial charge in [-0.15, -0.1) is 0 Å². The zero-order chi connectivity index (χ0) is 14.7. The van der Waals surface area contributed by atoms with E-state index in [9.17, 15) is 10.1 Å². The maximum absolute atomic E-state index is 10.9. The molecule has 1 fully saturated rings. The molecule has 2 heterocycles. The topological polar surface area (TPSA) is 84.4 Å². The van der Waals surface area contributed by atoms with Crippen LogP contribution in [0.15, 0.2) is 22.6 Å². The second kappa shape index (κ2) is 6.09. The fraction of sp³-hybridized carbons (Fsp3) is 0.500. The van der Waals surface area contributed by atoms with Crippen LogP contribution >= 0.6 is 0 Å². The van der Waals surface area contributed by atoms with E-state index in [0.29, 0.717) is 17.1 Å². The average molecular weight is 290 g/mol. The van der Waals surface area contributed by atoms with Crippen LogP contribution in [-0.4, -0.2) is 41.0 Å². The molecular weight excluding hydrogens is 272 g/mol. The summed E-state index contributed by atoms with van der Waals surface area (Å²) in [5.41, 5.74) is 0.702. The number of para-hydroxylation sites is 1. The van der Waals surface area contributed by atoms with Crippen LogP contribution in [0.3, 0.4) is 0 Å². The van der Waals surface area contributed by atoms with Crippen molar-refractivity contribution in [3.8, 4) is 0 Å². The van der Waals surface area contributed by atoms with Crippen LogP contribution in [0.2, 0.25) is 0 Å². The number of nitro groups is 1. The van der Waals surface area contributed by atoms with Crippen molar-refractivity contribution >= 4 is 22.8 Å². The number of non-ortho nitro benzene ring substituents is 1. The van der Waals surface area contributed by atoms with Gasteiger partial charge in [0.25, 0.3) is 11.7 Å². The lowest BCUT2D eigenvalue weighted by molar-refractivity contribution is -0.383. The number of rotatable bonds is 5. The zero-order valence-corrected chi connectivity index (χ0v) is 11.7. The third-order valence-corrected chi connectivity index (χ3v) is 3.75. The summed E-state index contributed by atoms with van der Waals surface area (Å²) in [6, 6.07) is 5.06. The molecule has 1 saturated heterocycles. The molecule has 2 aromatic rings. The summed E-state index contributed by atoms with van der Waals surface area (Å²) in [4.78, 5) is 17.1. The molecule has 1 aromatic carbocycles. The van der Waals surface area contributed by atoms with Crippen molar-refractivity contribution in [3.63, 3.8) is 0 Å². The third-order valence-electron chi connectivity index (χ3n) is 3.75. The lowest BCUT2D eigenvalue weighted by atomic mass is 10.1. The molecule has 0 radical (unpaired) electrons. The molecule has 1 N–H and O–H groups in total. The molecule has 0 amide bonds. The van der Waals surface area contributed by atoms with E-state index >= 15 is 0 Å². The second-order valence-corrected chi connectivity index (χ2v) is 5.23. The summed E-state index contributed by atoms with van der Waals surface area (Å²) in [7, 11) is 0. The third kappa shape index (κ3) is 3.13. The highest BCUT2D eigenvalue weighted by Crippen LogP contribution is 2.27. The van der Waals surface area contributed by atoms with E-state index in [2.05, 4.69) is 15.2 Å². The van der Waals surface area contributed by atoms with E-state index in [1.807, 2.05) is 0 Å². The Hall–Kier alpha value is -2.15. The molecule has 0 spiro atoms. The van der Waals surface area contributed by atoms with Gasteiger partial charge >= 0.3 is 0 Å². The van der Waals surface area contributed by atoms with Crippen LogP contribution in [-0.2, 0) is 0 Å². The van der Waals surface area contributed by atoms with Crippen molar-refractivity contribution in [2.75, 3.05) is 31.5 Å². The van der Waals surface area contributed by atoms with Crippen molar-refractivity contribution < 1.29 is 9.34 Å². The predicted octanol–water partition coefficient (Wildman–Crippen LogP) is 2.63. The predicted molar refractivity (Wildman–Crippen MR) is 79.4 cm³/mol. The Kier molecular flexibility index (Phi) is 4.01. The molecule has 1 aromatic heterocycles. The van der Waals surface area contributed by atoms with Crippen LogP contribution in [0.4, 0.5) is 11.7 Å². The fourth-order valence-electron chi connectivity index (χ4n) is 2.66. The molecular formula is C14H18N4O3. The van der Waals surface area contributed by atoms with Crippen molar-refractivity contribution in [2.24, 2.45) is 0 Å². The van der Waals surface area contributed by atoms with Crippen molar-refractivity contribution in [1.82, 2.24) is 9.88 Å². The quantitative estimate of drug-likeness (QED) is 0.673. The number of hydrogen-bond acceptors (Lipinski definition) is 6. The molecule has 0 atom stereocenters. The smallest absolute Gasteiger partial charge is 0.298 e. The van der Waals surface area contributed by atoms with E-state index in [-0.39, 0.29) is 5.69 Å². The Morgan fingerprint density at radius 2 is 2.14 bits per heavy atom. The second-order valence-electron chi connectivity index (χ2n) is 5.23. The average Bonchev–Trinajstić information content (AvgIpc) is 2.90. The van der Waals surface area contributed by atoms with Gasteiger partial charge in [0.1, 0.15) is 0 Å². The summed E-state index contributed by atoms with van der Waals surface area (Å²) in [6.07, 6.45) is 3.84. The number of oxazole rings is 1. The first-order valence-corrected chi connectivity index (χ1v) is 7.24. The molecule has 3 rings (SSSR count). The van der Waals surface area contributed by atoms with E-state index in [1.54, 1.807) is 12.1 Å². The SMILES string of the molecule is O=[N+]([O-])c1cccc2oc(NCCN3CCCCC3)nc12. The van der Waals surface area contributed by atoms with Gasteiger partial charge in [0.2, 0.25) is 0 Å². The highest BCUT2D eigenvalue weighted by Gasteiger charge is 2.17. The number of hydrogen-bond donors (Lipinski definition) is 1. The summed E-state index contributed by atoms with van der Waals surface area (Å²) in [5, 5.41) is 14.0. The Morgan fingerprint density at radius 1 is 1.33 bits per heavy atom. The van der Waals surface area contributed by atoms with Gasteiger partial charge in [0.15, 0.2) is 11.1 Å². The van der Waals surface area contributed by atoms with E-state index in [0.717, 1.165) is 26.2 Å². The molecule has 112 valence electrons. The van der Waals surface area contributed by atoms with E-state index in [4.69, 9.17) is 4.42 Å². The zero-order valence-electron chi connectivity index (χ0n) is 11.7. The number of likely N-dealkylation sites (tertiary alicyclic amines) is 1. The van der Waals surface area contributed by atoms with Crippen molar-refractivity contribution in [2.45, 2.75) is 19.3 Å². The molecule has 7 nitrogen and oxygen atoms in total. The van der Waals surface area contributed by atoms with Gasteiger partial charge in [-0.2, -0.15) is 4.98 Å². The first-order valence-electron chi connectivity index (χ1n) is 7.24. The highest BCUT2D eigenvalue weighted by atomic mass is 16.6. The van der Waals surface area contributed by atoms with Crippen molar-refractivity contribution in [3.05, 3.63) is 28.3 Å². The standard InChI is InChI=1S/C14H18N4O3/c19-18(20)11-5-4-6-12-13(11)16-14(21-12)15-7-10-17-8-2-1-3-9-17/h4-6H,1-3,7-10H2,(H,15,16). The Bertz CT molecular complexity index is 634. The lowest BCUT2D eigenvalue weighted by Crippen LogP contribution is -2.33. The molecule has 0 unspecified atom stereocenters. The summed E-state index contributed by atoms with van der Waals surface area (Å²) >= 11 is 0. The number of nitrogens with zero attached hydrogens (tertiary/aromatic N) is 3. The van der Waals surface area contributed by atoms with Gasteiger partial charge in [-0.1, -0.05) is 12.5 Å². The van der Waals surface area contributed by atoms with Gasteiger partial charge in [0, 0.05) is 19.2 Å². The number of nitrogens with one attached hydrogen (secondary N) is 1. The Labute approximate surface area is 122 Å². The molecule has 0 aliphatic carbocycles. The minimum absolute atomic E-state index is 0.0275. The van der Waals surface area contributed by atoms with Crippen LogP contribution in [0.1, 0.15) is 19.3 Å². The van der Waals surface area contributed by atoms with Crippen LogP contribution in [0.5, 0.6) is 0 Å². The highest BCUT2D eigenvalue weighted by molar-refractivity contribution is 5.83. The number of nitro benzene ring substituents is 1. The monoisotopic (exact) mass is 290 g/mol. The first-order chi connectivity index (χ1) is 10.2. The van der Waals surface area contributed by atoms with Gasteiger partial charge in [-0.05, 0) is 32.0 Å². The molecule has 0 bridgehead atoms.